The van der Waals surface area contributed by atoms with E-state index in [1.54, 1.807) is 17.1 Å². The van der Waals surface area contributed by atoms with Crippen molar-refractivity contribution in [3.63, 3.8) is 0 Å². The summed E-state index contributed by atoms with van der Waals surface area (Å²) in [6.07, 6.45) is 8.49. The number of anilines is 2. The van der Waals surface area contributed by atoms with Gasteiger partial charge in [0.15, 0.2) is 0 Å². The van der Waals surface area contributed by atoms with Gasteiger partial charge in [0.1, 0.15) is 0 Å². The zero-order chi connectivity index (χ0) is 23.6. The van der Waals surface area contributed by atoms with Crippen molar-refractivity contribution in [2.45, 2.75) is 53.5 Å². The summed E-state index contributed by atoms with van der Waals surface area (Å²) in [5.41, 5.74) is 5.23. The van der Waals surface area contributed by atoms with Gasteiger partial charge in [-0.05, 0) is 60.8 Å². The lowest BCUT2D eigenvalue weighted by atomic mass is 9.79. The zero-order valence-corrected chi connectivity index (χ0v) is 20.2. The van der Waals surface area contributed by atoms with E-state index in [2.05, 4.69) is 71.6 Å². The van der Waals surface area contributed by atoms with Crippen LogP contribution in [0.5, 0.6) is 0 Å². The van der Waals surface area contributed by atoms with E-state index in [0.717, 1.165) is 47.3 Å². The van der Waals surface area contributed by atoms with E-state index in [9.17, 15) is 4.79 Å². The van der Waals surface area contributed by atoms with Crippen LogP contribution in [0.2, 0.25) is 0 Å². The topological polar surface area (TPSA) is 84.7 Å². The number of nitrogens with one attached hydrogen (secondary N) is 2. The summed E-state index contributed by atoms with van der Waals surface area (Å²) < 4.78 is 1.72. The molecule has 0 radical (unpaired) electrons. The quantitative estimate of drug-likeness (QED) is 0.556. The molecule has 2 aromatic heterocycles. The highest BCUT2D eigenvalue weighted by Crippen LogP contribution is 2.42. The van der Waals surface area contributed by atoms with Crippen LogP contribution < -0.4 is 10.6 Å². The molecule has 0 bridgehead atoms. The predicted octanol–water partition coefficient (Wildman–Crippen LogP) is 5.01. The van der Waals surface area contributed by atoms with E-state index < -0.39 is 0 Å². The summed E-state index contributed by atoms with van der Waals surface area (Å²) in [5.74, 6) is 1.48. The first-order valence-electron chi connectivity index (χ1n) is 11.7. The van der Waals surface area contributed by atoms with Gasteiger partial charge in [-0.25, -0.2) is 9.97 Å². The highest BCUT2D eigenvalue weighted by molar-refractivity contribution is 5.79. The Labute approximate surface area is 196 Å². The van der Waals surface area contributed by atoms with Crippen LogP contribution in [0.3, 0.4) is 0 Å². The normalized spacial score (nSPS) is 18.3. The highest BCUT2D eigenvalue weighted by Gasteiger charge is 2.35. The number of amides is 1. The molecule has 2 unspecified atom stereocenters. The Hall–Kier alpha value is -3.22. The third-order valence-electron chi connectivity index (χ3n) is 6.74. The lowest BCUT2D eigenvalue weighted by molar-refractivity contribution is -0.125. The number of rotatable bonds is 6. The molecule has 1 aromatic carbocycles. The molecular weight excluding hydrogens is 412 g/mol. The molecule has 174 valence electrons. The monoisotopic (exact) mass is 446 g/mol. The SMILES string of the molecule is Cc1cc(-c2ccnc(Nc3cnn(C)c3)n2)ccc1CNC(=O)C1CCC(C(C)(C)C)C1. The van der Waals surface area contributed by atoms with Gasteiger partial charge in [0.2, 0.25) is 11.9 Å². The maximum absolute atomic E-state index is 12.7. The largest absolute Gasteiger partial charge is 0.352 e. The maximum Gasteiger partial charge on any atom is 0.227 e. The molecule has 33 heavy (non-hydrogen) atoms. The van der Waals surface area contributed by atoms with Gasteiger partial charge in [0.05, 0.1) is 17.6 Å². The van der Waals surface area contributed by atoms with E-state index in [1.165, 1.54) is 0 Å². The van der Waals surface area contributed by atoms with Crippen LogP contribution in [0, 0.1) is 24.2 Å². The molecule has 7 nitrogen and oxygen atoms in total. The first-order chi connectivity index (χ1) is 15.7. The smallest absolute Gasteiger partial charge is 0.227 e. The number of aromatic nitrogens is 4. The fraction of sp³-hybridized carbons (Fsp3) is 0.462. The second-order valence-electron chi connectivity index (χ2n) is 10.2. The molecule has 0 aliphatic heterocycles. The fourth-order valence-corrected chi connectivity index (χ4v) is 4.58. The summed E-state index contributed by atoms with van der Waals surface area (Å²) in [5, 5.41) is 10.5. The molecule has 1 saturated carbocycles. The summed E-state index contributed by atoms with van der Waals surface area (Å²) in [4.78, 5) is 21.7. The molecule has 1 aliphatic rings. The van der Waals surface area contributed by atoms with Crippen molar-refractivity contribution in [3.8, 4) is 11.3 Å². The molecular formula is C26H34N6O. The van der Waals surface area contributed by atoms with Crippen molar-refractivity contribution in [1.82, 2.24) is 25.1 Å². The third kappa shape index (κ3) is 5.59. The Balaban J connectivity index is 1.38. The molecule has 7 heteroatoms. The highest BCUT2D eigenvalue weighted by atomic mass is 16.1. The third-order valence-corrected chi connectivity index (χ3v) is 6.74. The Morgan fingerprint density at radius 3 is 2.70 bits per heavy atom. The standard InChI is InChI=1S/C26H34N6O/c1-17-12-18(23-10-11-27-25(31-23)30-22-15-29-32(5)16-22)6-7-20(17)14-28-24(33)19-8-9-21(13-19)26(2,3)4/h6-7,10-12,15-16,19,21H,8-9,13-14H2,1-5H3,(H,28,33)(H,27,30,31). The fourth-order valence-electron chi connectivity index (χ4n) is 4.58. The van der Waals surface area contributed by atoms with Crippen LogP contribution in [0.4, 0.5) is 11.6 Å². The first kappa shape index (κ1) is 23.0. The van der Waals surface area contributed by atoms with Crippen molar-refractivity contribution in [2.75, 3.05) is 5.32 Å². The zero-order valence-electron chi connectivity index (χ0n) is 20.2. The van der Waals surface area contributed by atoms with E-state index >= 15 is 0 Å². The van der Waals surface area contributed by atoms with E-state index in [1.807, 2.05) is 19.3 Å². The molecule has 0 spiro atoms. The molecule has 2 atom stereocenters. The maximum atomic E-state index is 12.7. The van der Waals surface area contributed by atoms with Crippen molar-refractivity contribution < 1.29 is 4.79 Å². The number of hydrogen-bond donors (Lipinski definition) is 2. The van der Waals surface area contributed by atoms with Gasteiger partial charge in [0, 0.05) is 37.5 Å². The van der Waals surface area contributed by atoms with Gasteiger partial charge < -0.3 is 10.6 Å². The molecule has 1 fully saturated rings. The number of carbonyl (C=O) groups excluding carboxylic acids is 1. The summed E-state index contributed by atoms with van der Waals surface area (Å²) in [7, 11) is 1.87. The predicted molar refractivity (Wildman–Crippen MR) is 131 cm³/mol. The number of nitrogens with zero attached hydrogens (tertiary/aromatic N) is 4. The van der Waals surface area contributed by atoms with Crippen molar-refractivity contribution in [1.29, 1.82) is 0 Å². The Kier molecular flexibility index (Phi) is 6.49. The van der Waals surface area contributed by atoms with Gasteiger partial charge in [-0.1, -0.05) is 32.9 Å². The molecule has 2 N–H and O–H groups in total. The number of benzene rings is 1. The van der Waals surface area contributed by atoms with Crippen LogP contribution in [-0.4, -0.2) is 25.7 Å². The van der Waals surface area contributed by atoms with Crippen LogP contribution in [-0.2, 0) is 18.4 Å². The van der Waals surface area contributed by atoms with E-state index in [4.69, 9.17) is 0 Å². The number of aryl methyl sites for hydroxylation is 2. The van der Waals surface area contributed by atoms with Crippen LogP contribution in [0.1, 0.15) is 51.2 Å². The lowest BCUT2D eigenvalue weighted by Gasteiger charge is -2.26. The second kappa shape index (κ2) is 9.33. The molecule has 1 aliphatic carbocycles. The van der Waals surface area contributed by atoms with E-state index in [0.29, 0.717) is 18.4 Å². The Morgan fingerprint density at radius 2 is 2.03 bits per heavy atom. The average Bonchev–Trinajstić information content (AvgIpc) is 3.42. The van der Waals surface area contributed by atoms with Crippen molar-refractivity contribution in [3.05, 3.63) is 54.0 Å². The summed E-state index contributed by atoms with van der Waals surface area (Å²) in [6.45, 7) is 9.46. The molecule has 1 amide bonds. The van der Waals surface area contributed by atoms with Gasteiger partial charge in [0.25, 0.3) is 0 Å². The Bertz CT molecular complexity index is 1130. The minimum absolute atomic E-state index is 0.139. The van der Waals surface area contributed by atoms with Crippen molar-refractivity contribution in [2.24, 2.45) is 24.3 Å². The van der Waals surface area contributed by atoms with Gasteiger partial charge in [-0.2, -0.15) is 5.10 Å². The van der Waals surface area contributed by atoms with Crippen molar-refractivity contribution >= 4 is 17.5 Å². The molecule has 0 saturated heterocycles. The van der Waals surface area contributed by atoms with Crippen LogP contribution in [0.25, 0.3) is 11.3 Å². The Morgan fingerprint density at radius 1 is 1.21 bits per heavy atom. The lowest BCUT2D eigenvalue weighted by Crippen LogP contribution is -2.30. The summed E-state index contributed by atoms with van der Waals surface area (Å²) >= 11 is 0. The average molecular weight is 447 g/mol. The van der Waals surface area contributed by atoms with Gasteiger partial charge in [-0.15, -0.1) is 0 Å². The first-order valence-corrected chi connectivity index (χ1v) is 11.7. The number of hydrogen-bond acceptors (Lipinski definition) is 5. The van der Waals surface area contributed by atoms with Crippen LogP contribution in [0.15, 0.2) is 42.9 Å². The molecule has 3 aromatic rings. The minimum Gasteiger partial charge on any atom is -0.352 e. The van der Waals surface area contributed by atoms with Gasteiger partial charge in [-0.3, -0.25) is 9.48 Å². The van der Waals surface area contributed by atoms with E-state index in [-0.39, 0.29) is 17.2 Å². The minimum atomic E-state index is 0.139. The molecule has 2 heterocycles. The second-order valence-corrected chi connectivity index (χ2v) is 10.2. The summed E-state index contributed by atoms with van der Waals surface area (Å²) in [6, 6.07) is 8.14. The molecule has 4 rings (SSSR count). The van der Waals surface area contributed by atoms with Gasteiger partial charge >= 0.3 is 0 Å². The number of carbonyl (C=O) groups is 1. The van der Waals surface area contributed by atoms with Crippen LogP contribution >= 0.6 is 0 Å².